The Balaban J connectivity index is 1.21. The van der Waals surface area contributed by atoms with Crippen molar-refractivity contribution in [3.05, 3.63) is 42.5 Å². The van der Waals surface area contributed by atoms with E-state index in [4.69, 9.17) is 0 Å². The monoisotopic (exact) mass is 395 g/mol. The van der Waals surface area contributed by atoms with Crippen molar-refractivity contribution in [2.24, 2.45) is 28.7 Å². The first-order valence-corrected chi connectivity index (χ1v) is 10.3. The molecule has 7 heteroatoms. The lowest BCUT2D eigenvalue weighted by Gasteiger charge is -2.21. The van der Waals surface area contributed by atoms with Gasteiger partial charge in [-0.15, -0.1) is 0 Å². The zero-order valence-electron chi connectivity index (χ0n) is 17.0. The molecule has 0 aromatic heterocycles. The van der Waals surface area contributed by atoms with Crippen LogP contribution in [0.4, 0.5) is 5.69 Å². The zero-order chi connectivity index (χ0) is 20.4. The Kier molecular flexibility index (Phi) is 5.56. The third kappa shape index (κ3) is 3.73. The summed E-state index contributed by atoms with van der Waals surface area (Å²) >= 11 is 0. The number of aliphatic imine (C=N–C) groups is 1. The van der Waals surface area contributed by atoms with Crippen LogP contribution >= 0.6 is 0 Å². The summed E-state index contributed by atoms with van der Waals surface area (Å²) in [6, 6.07) is 10.2. The van der Waals surface area contributed by atoms with Crippen LogP contribution in [-0.4, -0.2) is 62.9 Å². The molecule has 1 aliphatic heterocycles. The van der Waals surface area contributed by atoms with Gasteiger partial charge in [0.05, 0.1) is 11.8 Å². The van der Waals surface area contributed by atoms with Crippen molar-refractivity contribution in [3.63, 3.8) is 0 Å². The van der Waals surface area contributed by atoms with Crippen molar-refractivity contribution >= 4 is 23.5 Å². The molecule has 0 spiro atoms. The molecule has 1 saturated heterocycles. The summed E-state index contributed by atoms with van der Waals surface area (Å²) in [5.41, 5.74) is 1.16. The maximum atomic E-state index is 12.7. The zero-order valence-corrected chi connectivity index (χ0v) is 17.0. The number of likely N-dealkylation sites (tertiary alicyclic amines) is 1. The molecule has 2 N–H and O–H groups in total. The third-order valence-electron chi connectivity index (χ3n) is 6.35. The minimum absolute atomic E-state index is 0.00563. The summed E-state index contributed by atoms with van der Waals surface area (Å²) in [7, 11) is 3.77. The van der Waals surface area contributed by atoms with Gasteiger partial charge in [-0.1, -0.05) is 30.4 Å². The highest BCUT2D eigenvalue weighted by molar-refractivity contribution is 6.06. The summed E-state index contributed by atoms with van der Waals surface area (Å²) < 4.78 is 0. The van der Waals surface area contributed by atoms with Crippen molar-refractivity contribution in [2.45, 2.75) is 6.42 Å². The summed E-state index contributed by atoms with van der Waals surface area (Å²) in [6.07, 6.45) is 5.21. The Morgan fingerprint density at radius 1 is 1.07 bits per heavy atom. The molecule has 29 heavy (non-hydrogen) atoms. The van der Waals surface area contributed by atoms with E-state index in [1.807, 2.05) is 18.2 Å². The maximum Gasteiger partial charge on any atom is 0.233 e. The van der Waals surface area contributed by atoms with Crippen LogP contribution in [0, 0.1) is 23.7 Å². The fourth-order valence-electron chi connectivity index (χ4n) is 4.84. The molecule has 4 atom stereocenters. The largest absolute Gasteiger partial charge is 0.373 e. The van der Waals surface area contributed by atoms with Crippen LogP contribution in [0.3, 0.4) is 0 Å². The molecule has 4 unspecified atom stereocenters. The van der Waals surface area contributed by atoms with Crippen LogP contribution in [0.2, 0.25) is 0 Å². The van der Waals surface area contributed by atoms with Crippen LogP contribution in [0.1, 0.15) is 6.42 Å². The molecule has 154 valence electrons. The number of imide groups is 1. The Labute approximate surface area is 171 Å². The lowest BCUT2D eigenvalue weighted by atomic mass is 9.85. The average Bonchev–Trinajstić information content (AvgIpc) is 3.42. The van der Waals surface area contributed by atoms with E-state index < -0.39 is 0 Å². The van der Waals surface area contributed by atoms with Crippen LogP contribution in [0.5, 0.6) is 0 Å². The molecule has 4 rings (SSSR count). The molecule has 1 aromatic rings. The number of carbonyl (C=O) groups is 2. The molecule has 1 heterocycles. The highest BCUT2D eigenvalue weighted by Crippen LogP contribution is 2.52. The third-order valence-corrected chi connectivity index (χ3v) is 6.35. The normalized spacial score (nSPS) is 27.5. The van der Waals surface area contributed by atoms with E-state index in [0.29, 0.717) is 19.0 Å². The van der Waals surface area contributed by atoms with E-state index in [0.717, 1.165) is 25.2 Å². The second kappa shape index (κ2) is 8.27. The predicted octanol–water partition coefficient (Wildman–Crippen LogP) is 1.09. The van der Waals surface area contributed by atoms with E-state index in [2.05, 4.69) is 51.9 Å². The van der Waals surface area contributed by atoms with Gasteiger partial charge in [0.1, 0.15) is 0 Å². The Bertz CT molecular complexity index is 792. The number of anilines is 1. The summed E-state index contributed by atoms with van der Waals surface area (Å²) in [6.45, 7) is 2.43. The summed E-state index contributed by atoms with van der Waals surface area (Å²) in [4.78, 5) is 33.3. The van der Waals surface area contributed by atoms with Crippen molar-refractivity contribution in [1.82, 2.24) is 15.5 Å². The molecule has 2 amide bonds. The number of allylic oxidation sites excluding steroid dienone is 2. The van der Waals surface area contributed by atoms with Crippen LogP contribution in [0.15, 0.2) is 47.5 Å². The number of amides is 2. The van der Waals surface area contributed by atoms with E-state index in [9.17, 15) is 9.59 Å². The summed E-state index contributed by atoms with van der Waals surface area (Å²) in [5, 5.41) is 6.49. The van der Waals surface area contributed by atoms with Crippen LogP contribution in [-0.2, 0) is 9.59 Å². The minimum Gasteiger partial charge on any atom is -0.373 e. The lowest BCUT2D eigenvalue weighted by molar-refractivity contribution is -0.140. The number of hydrogen-bond donors (Lipinski definition) is 2. The number of nitrogens with zero attached hydrogens (tertiary/aromatic N) is 3. The molecular weight excluding hydrogens is 366 g/mol. The molecule has 2 fully saturated rings. The second-order valence-corrected chi connectivity index (χ2v) is 8.01. The number of carbonyl (C=O) groups excluding carboxylic acids is 2. The SMILES string of the molecule is CN=C(NCCN1C(=O)C2C3C=CC(C3)C2C1=O)NCCN(C)c1ccccc1. The number of rotatable bonds is 7. The number of nitrogens with one attached hydrogen (secondary N) is 2. The fourth-order valence-corrected chi connectivity index (χ4v) is 4.84. The van der Waals surface area contributed by atoms with Crippen molar-refractivity contribution < 1.29 is 9.59 Å². The number of hydrogen-bond acceptors (Lipinski definition) is 4. The van der Waals surface area contributed by atoms with Crippen LogP contribution in [0.25, 0.3) is 0 Å². The minimum atomic E-state index is -0.122. The second-order valence-electron chi connectivity index (χ2n) is 8.01. The Hall–Kier alpha value is -2.83. The van der Waals surface area contributed by atoms with Gasteiger partial charge in [-0.05, 0) is 30.4 Å². The summed E-state index contributed by atoms with van der Waals surface area (Å²) in [5.74, 6) is 0.961. The number of benzene rings is 1. The maximum absolute atomic E-state index is 12.7. The van der Waals surface area contributed by atoms with Gasteiger partial charge in [0.25, 0.3) is 0 Å². The molecular formula is C22H29N5O2. The van der Waals surface area contributed by atoms with Gasteiger partial charge < -0.3 is 15.5 Å². The standard InChI is InChI=1S/C22H29N5O2/c1-23-22(24-10-12-26(2)17-6-4-3-5-7-17)25-11-13-27-20(28)18-15-8-9-16(14-15)19(18)21(27)29/h3-9,15-16,18-19H,10-14H2,1-2H3,(H2,23,24,25). The molecule has 2 bridgehead atoms. The molecule has 1 saturated carbocycles. The number of likely N-dealkylation sites (N-methyl/N-ethyl adjacent to an activating group) is 1. The van der Waals surface area contributed by atoms with E-state index in [-0.39, 0.29) is 35.5 Å². The smallest absolute Gasteiger partial charge is 0.233 e. The Morgan fingerprint density at radius 2 is 1.69 bits per heavy atom. The number of para-hydroxylation sites is 1. The van der Waals surface area contributed by atoms with E-state index in [1.165, 1.54) is 4.90 Å². The van der Waals surface area contributed by atoms with E-state index in [1.54, 1.807) is 7.05 Å². The fraction of sp³-hybridized carbons (Fsp3) is 0.500. The molecule has 3 aliphatic rings. The van der Waals surface area contributed by atoms with Crippen LogP contribution < -0.4 is 15.5 Å². The number of fused-ring (bicyclic) bond motifs is 5. The van der Waals surface area contributed by atoms with Crippen molar-refractivity contribution in [1.29, 1.82) is 0 Å². The number of guanidine groups is 1. The molecule has 0 radical (unpaired) electrons. The van der Waals surface area contributed by atoms with E-state index >= 15 is 0 Å². The van der Waals surface area contributed by atoms with Gasteiger partial charge >= 0.3 is 0 Å². The first-order valence-electron chi connectivity index (χ1n) is 10.3. The quantitative estimate of drug-likeness (QED) is 0.313. The van der Waals surface area contributed by atoms with Crippen molar-refractivity contribution in [3.8, 4) is 0 Å². The highest BCUT2D eigenvalue weighted by atomic mass is 16.2. The molecule has 7 nitrogen and oxygen atoms in total. The first kappa shape index (κ1) is 19.5. The topological polar surface area (TPSA) is 77.0 Å². The highest BCUT2D eigenvalue weighted by Gasteiger charge is 2.58. The predicted molar refractivity (Wildman–Crippen MR) is 114 cm³/mol. The molecule has 2 aliphatic carbocycles. The van der Waals surface area contributed by atoms with Gasteiger partial charge in [-0.25, -0.2) is 0 Å². The average molecular weight is 396 g/mol. The first-order chi connectivity index (χ1) is 14.1. The van der Waals surface area contributed by atoms with Gasteiger partial charge in [-0.2, -0.15) is 0 Å². The Morgan fingerprint density at radius 3 is 2.31 bits per heavy atom. The van der Waals surface area contributed by atoms with Gasteiger partial charge in [0.15, 0.2) is 5.96 Å². The molecule has 1 aromatic carbocycles. The van der Waals surface area contributed by atoms with Gasteiger partial charge in [-0.3, -0.25) is 19.5 Å². The van der Waals surface area contributed by atoms with Gasteiger partial charge in [0.2, 0.25) is 11.8 Å². The van der Waals surface area contributed by atoms with Gasteiger partial charge in [0, 0.05) is 46.0 Å². The van der Waals surface area contributed by atoms with Crippen molar-refractivity contribution in [2.75, 3.05) is 45.2 Å². The lowest BCUT2D eigenvalue weighted by Crippen LogP contribution is -2.45.